The minimum Gasteiger partial charge on any atom is -0.487 e. The third-order valence-corrected chi connectivity index (χ3v) is 13.0. The molecule has 70 heavy (non-hydrogen) atoms. The summed E-state index contributed by atoms with van der Waals surface area (Å²) in [4.78, 5) is 33.5. The Kier molecular flexibility index (Phi) is 15.6. The van der Waals surface area contributed by atoms with E-state index in [2.05, 4.69) is 125 Å². The first-order chi connectivity index (χ1) is 33.6. The van der Waals surface area contributed by atoms with Gasteiger partial charge in [0.1, 0.15) is 36.9 Å². The number of carbonyl (C=O) groups is 2. The van der Waals surface area contributed by atoms with Gasteiger partial charge >= 0.3 is 11.9 Å². The number of anilines is 2. The van der Waals surface area contributed by atoms with Crippen molar-refractivity contribution in [2.45, 2.75) is 129 Å². The molecule has 0 amide bonds. The van der Waals surface area contributed by atoms with E-state index in [1.807, 2.05) is 97.1 Å². The maximum atomic E-state index is 14.5. The first kappa shape index (κ1) is 49.8. The number of ether oxygens (including phenoxy) is 4. The van der Waals surface area contributed by atoms with Crippen molar-refractivity contribution in [2.75, 3.05) is 23.9 Å². The van der Waals surface area contributed by atoms with Crippen LogP contribution in [-0.4, -0.2) is 49.2 Å². The lowest BCUT2D eigenvalue weighted by atomic mass is 9.83. The van der Waals surface area contributed by atoms with Crippen LogP contribution in [0.15, 0.2) is 146 Å². The first-order valence-corrected chi connectivity index (χ1v) is 24.7. The number of fused-ring (bicyclic) bond motifs is 2. The Balaban J connectivity index is 1.12. The normalized spacial score (nSPS) is 17.7. The average molecular weight is 943 g/mol. The van der Waals surface area contributed by atoms with Crippen LogP contribution in [0.3, 0.4) is 0 Å². The van der Waals surface area contributed by atoms with Crippen molar-refractivity contribution < 1.29 is 28.5 Å². The Morgan fingerprint density at radius 1 is 0.486 bits per heavy atom. The van der Waals surface area contributed by atoms with Gasteiger partial charge in [0.15, 0.2) is 0 Å². The number of esters is 2. The number of hydrogen-bond acceptors (Lipinski definition) is 10. The fourth-order valence-corrected chi connectivity index (χ4v) is 10.1. The number of nitrogens with zero attached hydrogens (tertiary/aromatic N) is 2. The maximum Gasteiger partial charge on any atom is 0.418 e. The Bertz CT molecular complexity index is 2500. The molecule has 0 aliphatic heterocycles. The molecule has 10 heteroatoms. The first-order valence-electron chi connectivity index (χ1n) is 24.7. The summed E-state index contributed by atoms with van der Waals surface area (Å²) in [6.07, 6.45) is 1.14. The van der Waals surface area contributed by atoms with Crippen molar-refractivity contribution >= 4 is 23.3 Å². The molecule has 366 valence electrons. The number of rotatable bonds is 16. The Morgan fingerprint density at radius 3 is 1.14 bits per heavy atom. The van der Waals surface area contributed by atoms with E-state index in [0.29, 0.717) is 52.0 Å². The van der Waals surface area contributed by atoms with Crippen LogP contribution in [-0.2, 0) is 58.2 Å². The Labute approximate surface area is 415 Å². The largest absolute Gasteiger partial charge is 0.487 e. The van der Waals surface area contributed by atoms with Gasteiger partial charge in [-0.3, -0.25) is 0 Å². The van der Waals surface area contributed by atoms with Gasteiger partial charge in [-0.15, -0.1) is 0 Å². The van der Waals surface area contributed by atoms with Crippen LogP contribution in [0.25, 0.3) is 0 Å². The molecule has 2 aliphatic carbocycles. The van der Waals surface area contributed by atoms with Crippen LogP contribution >= 0.6 is 0 Å². The molecule has 0 bridgehead atoms. The van der Waals surface area contributed by atoms with E-state index in [-0.39, 0.29) is 23.2 Å². The van der Waals surface area contributed by atoms with E-state index in [9.17, 15) is 9.59 Å². The van der Waals surface area contributed by atoms with Crippen molar-refractivity contribution in [2.24, 2.45) is 0 Å². The summed E-state index contributed by atoms with van der Waals surface area (Å²) < 4.78 is 26.1. The highest BCUT2D eigenvalue weighted by atomic mass is 16.6. The van der Waals surface area contributed by atoms with Gasteiger partial charge in [-0.2, -0.15) is 0 Å². The molecule has 2 aliphatic rings. The SMILES string of the molecule is CN(Cc1ccccc1)c1c(OCc2ccccc2)ccc2c1CCC(NC(C)(C)C)C2OC(=O)C(=O)OC1c2ccc(OCc3ccccc3)c(N(C)Cc3ccccc3)c2CCC1NC(C)(C)C. The van der Waals surface area contributed by atoms with Gasteiger partial charge in [-0.05, 0) is 124 Å². The lowest BCUT2D eigenvalue weighted by Crippen LogP contribution is -2.50. The Hall–Kier alpha value is -6.62. The molecule has 4 atom stereocenters. The summed E-state index contributed by atoms with van der Waals surface area (Å²) in [7, 11) is 4.15. The van der Waals surface area contributed by atoms with E-state index < -0.39 is 24.1 Å². The van der Waals surface area contributed by atoms with Crippen LogP contribution < -0.4 is 29.9 Å². The van der Waals surface area contributed by atoms with Gasteiger partial charge in [0, 0.05) is 50.3 Å². The predicted molar refractivity (Wildman–Crippen MR) is 279 cm³/mol. The Morgan fingerprint density at radius 2 is 0.814 bits per heavy atom. The number of carbonyl (C=O) groups excluding carboxylic acids is 2. The van der Waals surface area contributed by atoms with Crippen molar-refractivity contribution in [1.82, 2.24) is 10.6 Å². The van der Waals surface area contributed by atoms with Crippen molar-refractivity contribution in [3.63, 3.8) is 0 Å². The minimum atomic E-state index is -1.03. The van der Waals surface area contributed by atoms with Gasteiger partial charge < -0.3 is 39.4 Å². The molecule has 0 spiro atoms. The topological polar surface area (TPSA) is 102 Å². The zero-order valence-corrected chi connectivity index (χ0v) is 42.2. The lowest BCUT2D eigenvalue weighted by molar-refractivity contribution is -0.177. The molecular formula is C60H70N4O6. The van der Waals surface area contributed by atoms with E-state index in [1.165, 1.54) is 0 Å². The molecule has 2 N–H and O–H groups in total. The van der Waals surface area contributed by atoms with Gasteiger partial charge in [-0.25, -0.2) is 9.59 Å². The van der Waals surface area contributed by atoms with Crippen LogP contribution in [0.2, 0.25) is 0 Å². The molecule has 0 fully saturated rings. The minimum absolute atomic E-state index is 0.282. The third-order valence-electron chi connectivity index (χ3n) is 13.0. The number of hydrogen-bond donors (Lipinski definition) is 2. The zero-order chi connectivity index (χ0) is 49.4. The van der Waals surface area contributed by atoms with E-state index in [4.69, 9.17) is 18.9 Å². The molecule has 0 radical (unpaired) electrons. The lowest BCUT2D eigenvalue weighted by Gasteiger charge is -2.40. The molecule has 10 nitrogen and oxygen atoms in total. The van der Waals surface area contributed by atoms with Crippen molar-refractivity contribution in [3.8, 4) is 11.5 Å². The monoisotopic (exact) mass is 943 g/mol. The van der Waals surface area contributed by atoms with Crippen molar-refractivity contribution in [3.05, 3.63) is 190 Å². The van der Waals surface area contributed by atoms with Crippen molar-refractivity contribution in [1.29, 1.82) is 0 Å². The maximum absolute atomic E-state index is 14.5. The molecular weight excluding hydrogens is 873 g/mol. The van der Waals surface area contributed by atoms with Gasteiger partial charge in [0.2, 0.25) is 0 Å². The van der Waals surface area contributed by atoms with Gasteiger partial charge in [0.25, 0.3) is 0 Å². The highest BCUT2D eigenvalue weighted by Crippen LogP contribution is 2.46. The quantitative estimate of drug-likeness (QED) is 0.0720. The van der Waals surface area contributed by atoms with Crippen LogP contribution in [0, 0.1) is 0 Å². The molecule has 0 saturated carbocycles. The second-order valence-corrected chi connectivity index (χ2v) is 20.9. The van der Waals surface area contributed by atoms with E-state index in [0.717, 1.165) is 67.4 Å². The van der Waals surface area contributed by atoms with E-state index in [1.54, 1.807) is 0 Å². The van der Waals surface area contributed by atoms with Crippen LogP contribution in [0.1, 0.15) is 111 Å². The number of benzene rings is 6. The molecule has 4 unspecified atom stereocenters. The molecule has 8 rings (SSSR count). The summed E-state index contributed by atoms with van der Waals surface area (Å²) in [5.74, 6) is -0.590. The predicted octanol–water partition coefficient (Wildman–Crippen LogP) is 11.4. The summed E-state index contributed by atoms with van der Waals surface area (Å²) in [6, 6.07) is 48.3. The summed E-state index contributed by atoms with van der Waals surface area (Å²) >= 11 is 0. The second-order valence-electron chi connectivity index (χ2n) is 20.9. The zero-order valence-electron chi connectivity index (χ0n) is 42.2. The molecule has 6 aromatic carbocycles. The second kappa shape index (κ2) is 22.0. The van der Waals surface area contributed by atoms with Crippen LogP contribution in [0.4, 0.5) is 11.4 Å². The highest BCUT2D eigenvalue weighted by molar-refractivity contribution is 6.29. The van der Waals surface area contributed by atoms with E-state index >= 15 is 0 Å². The fraction of sp³-hybridized carbons (Fsp3) is 0.367. The van der Waals surface area contributed by atoms with Gasteiger partial charge in [0.05, 0.1) is 11.4 Å². The molecule has 6 aromatic rings. The van der Waals surface area contributed by atoms with Gasteiger partial charge in [-0.1, -0.05) is 133 Å². The molecule has 0 saturated heterocycles. The highest BCUT2D eigenvalue weighted by Gasteiger charge is 2.42. The summed E-state index contributed by atoms with van der Waals surface area (Å²) in [5, 5.41) is 7.46. The summed E-state index contributed by atoms with van der Waals surface area (Å²) in [6.45, 7) is 14.7. The third kappa shape index (κ3) is 12.6. The smallest absolute Gasteiger partial charge is 0.418 e. The summed E-state index contributed by atoms with van der Waals surface area (Å²) in [5.41, 5.74) is 9.38. The molecule has 0 heterocycles. The standard InChI is InChI=1S/C60H70N4O6/c1-59(2,3)61-49-33-29-45-47(31-35-51(67-39-43-25-17-11-18-26-43)53(45)63(7)37-41-21-13-9-14-22-41)55(49)69-57(65)58(66)70-56-48-32-36-52(68-40-44-27-19-12-20-28-44)54(64(8)38-42-23-15-10-16-24-42)46(48)30-34-50(56)62-60(4,5)6/h9-28,31-32,35-36,49-50,55-56,61-62H,29-30,33-34,37-40H2,1-8H3. The fourth-order valence-electron chi connectivity index (χ4n) is 10.1. The molecule has 0 aromatic heterocycles. The van der Waals surface area contributed by atoms with Crippen LogP contribution in [0.5, 0.6) is 11.5 Å². The number of nitrogens with one attached hydrogen (secondary N) is 2. The average Bonchev–Trinajstić information content (AvgIpc) is 3.33.